The fourth-order valence-electron chi connectivity index (χ4n) is 2.83. The molecule has 0 unspecified atom stereocenters. The summed E-state index contributed by atoms with van der Waals surface area (Å²) >= 11 is 1.54. The molecule has 0 spiro atoms. The highest BCUT2D eigenvalue weighted by atomic mass is 32.2. The summed E-state index contributed by atoms with van der Waals surface area (Å²) < 4.78 is 5.18. The number of anilines is 1. The van der Waals surface area contributed by atoms with E-state index in [4.69, 9.17) is 4.74 Å². The van der Waals surface area contributed by atoms with Crippen LogP contribution in [0.25, 0.3) is 0 Å². The van der Waals surface area contributed by atoms with E-state index >= 15 is 0 Å². The van der Waals surface area contributed by atoms with Crippen LogP contribution in [-0.4, -0.2) is 66.7 Å². The molecule has 2 rings (SSSR count). The number of carbonyl (C=O) groups excluding carboxylic acids is 2. The zero-order valence-corrected chi connectivity index (χ0v) is 17.6. The van der Waals surface area contributed by atoms with Crippen LogP contribution >= 0.6 is 11.8 Å². The quantitative estimate of drug-likeness (QED) is 0.753. The fraction of sp³-hybridized carbons (Fsp3) is 0.600. The summed E-state index contributed by atoms with van der Waals surface area (Å²) in [5.74, 6) is 1.30. The normalized spacial score (nSPS) is 14.8. The number of alkyl carbamates (subject to hydrolysis) is 1. The van der Waals surface area contributed by atoms with E-state index in [1.165, 1.54) is 23.0 Å². The SMILES string of the molecule is Cc1cccc(N2CCN(C(=O)CSCCNC(=O)OC(C)(C)C)CC2)c1. The van der Waals surface area contributed by atoms with Gasteiger partial charge >= 0.3 is 6.09 Å². The number of ether oxygens (including phenoxy) is 1. The lowest BCUT2D eigenvalue weighted by molar-refractivity contribution is -0.128. The van der Waals surface area contributed by atoms with Crippen LogP contribution < -0.4 is 10.2 Å². The number of thioether (sulfide) groups is 1. The van der Waals surface area contributed by atoms with Gasteiger partial charge in [0.1, 0.15) is 5.60 Å². The molecule has 0 aliphatic carbocycles. The van der Waals surface area contributed by atoms with Gasteiger partial charge in [0.2, 0.25) is 5.91 Å². The van der Waals surface area contributed by atoms with Crippen molar-refractivity contribution in [2.75, 3.05) is 49.1 Å². The fourth-order valence-corrected chi connectivity index (χ4v) is 3.58. The lowest BCUT2D eigenvalue weighted by Gasteiger charge is -2.36. The van der Waals surface area contributed by atoms with E-state index in [9.17, 15) is 9.59 Å². The number of carbonyl (C=O) groups is 2. The van der Waals surface area contributed by atoms with Gasteiger partial charge < -0.3 is 19.9 Å². The first-order valence-electron chi connectivity index (χ1n) is 9.38. The zero-order chi connectivity index (χ0) is 19.9. The van der Waals surface area contributed by atoms with E-state index < -0.39 is 11.7 Å². The summed E-state index contributed by atoms with van der Waals surface area (Å²) in [7, 11) is 0. The van der Waals surface area contributed by atoms with Crippen molar-refractivity contribution >= 4 is 29.4 Å². The third-order valence-electron chi connectivity index (χ3n) is 4.14. The molecule has 0 bridgehead atoms. The first-order valence-corrected chi connectivity index (χ1v) is 10.5. The van der Waals surface area contributed by atoms with Gasteiger partial charge in [-0.25, -0.2) is 4.79 Å². The van der Waals surface area contributed by atoms with Crippen molar-refractivity contribution in [2.24, 2.45) is 0 Å². The second kappa shape index (κ2) is 9.88. The molecule has 2 amide bonds. The lowest BCUT2D eigenvalue weighted by Crippen LogP contribution is -2.49. The summed E-state index contributed by atoms with van der Waals surface area (Å²) in [6.45, 7) is 11.3. The highest BCUT2D eigenvalue weighted by molar-refractivity contribution is 7.99. The Bertz CT molecular complexity index is 638. The topological polar surface area (TPSA) is 61.9 Å². The Labute approximate surface area is 166 Å². The molecule has 1 aliphatic heterocycles. The van der Waals surface area contributed by atoms with Gasteiger partial charge in [0.25, 0.3) is 0 Å². The third-order valence-corrected chi connectivity index (χ3v) is 5.08. The van der Waals surface area contributed by atoms with E-state index in [-0.39, 0.29) is 5.91 Å². The van der Waals surface area contributed by atoms with Gasteiger partial charge in [-0.3, -0.25) is 4.79 Å². The van der Waals surface area contributed by atoms with Crippen molar-refractivity contribution in [3.63, 3.8) is 0 Å². The van der Waals surface area contributed by atoms with E-state index in [0.717, 1.165) is 26.2 Å². The maximum absolute atomic E-state index is 12.4. The van der Waals surface area contributed by atoms with Crippen molar-refractivity contribution in [1.82, 2.24) is 10.2 Å². The van der Waals surface area contributed by atoms with Crippen LogP contribution in [0.4, 0.5) is 10.5 Å². The Morgan fingerprint density at radius 3 is 2.52 bits per heavy atom. The monoisotopic (exact) mass is 393 g/mol. The van der Waals surface area contributed by atoms with Crippen molar-refractivity contribution in [1.29, 1.82) is 0 Å². The van der Waals surface area contributed by atoms with Gasteiger partial charge in [0, 0.05) is 44.2 Å². The smallest absolute Gasteiger partial charge is 0.407 e. The van der Waals surface area contributed by atoms with Crippen molar-refractivity contribution in [2.45, 2.75) is 33.3 Å². The summed E-state index contributed by atoms with van der Waals surface area (Å²) in [6.07, 6.45) is -0.415. The molecule has 1 aromatic carbocycles. The van der Waals surface area contributed by atoms with Crippen LogP contribution in [-0.2, 0) is 9.53 Å². The van der Waals surface area contributed by atoms with Gasteiger partial charge in [-0.15, -0.1) is 0 Å². The predicted molar refractivity (Wildman–Crippen MR) is 112 cm³/mol. The van der Waals surface area contributed by atoms with E-state index in [1.54, 1.807) is 0 Å². The minimum atomic E-state index is -0.492. The Morgan fingerprint density at radius 1 is 1.19 bits per heavy atom. The maximum Gasteiger partial charge on any atom is 0.407 e. The molecule has 0 radical (unpaired) electrons. The molecule has 150 valence electrons. The molecule has 0 atom stereocenters. The number of aryl methyl sites for hydroxylation is 1. The van der Waals surface area contributed by atoms with Gasteiger partial charge in [0.05, 0.1) is 5.75 Å². The molecule has 1 fully saturated rings. The molecule has 7 heteroatoms. The Balaban J connectivity index is 1.61. The summed E-state index contributed by atoms with van der Waals surface area (Å²) in [5, 5.41) is 2.71. The third kappa shape index (κ3) is 7.71. The molecule has 0 aromatic heterocycles. The van der Waals surface area contributed by atoms with Gasteiger partial charge in [-0.1, -0.05) is 12.1 Å². The molecule has 1 aromatic rings. The van der Waals surface area contributed by atoms with Gasteiger partial charge in [0.15, 0.2) is 0 Å². The average molecular weight is 394 g/mol. The Kier molecular flexibility index (Phi) is 7.83. The highest BCUT2D eigenvalue weighted by Crippen LogP contribution is 2.18. The van der Waals surface area contributed by atoms with Crippen LogP contribution in [0, 0.1) is 6.92 Å². The molecule has 1 N–H and O–H groups in total. The Hall–Kier alpha value is -1.89. The molecule has 6 nitrogen and oxygen atoms in total. The molecule has 1 heterocycles. The molecule has 27 heavy (non-hydrogen) atoms. The van der Waals surface area contributed by atoms with Crippen LogP contribution in [0.1, 0.15) is 26.3 Å². The number of amides is 2. The average Bonchev–Trinajstić information content (AvgIpc) is 2.60. The predicted octanol–water partition coefficient (Wildman–Crippen LogP) is 2.90. The van der Waals surface area contributed by atoms with Crippen molar-refractivity contribution in [3.05, 3.63) is 29.8 Å². The number of nitrogens with one attached hydrogen (secondary N) is 1. The first-order chi connectivity index (χ1) is 12.7. The highest BCUT2D eigenvalue weighted by Gasteiger charge is 2.21. The minimum Gasteiger partial charge on any atom is -0.444 e. The molecular weight excluding hydrogens is 362 g/mol. The number of rotatable bonds is 6. The molecular formula is C20H31N3O3S. The molecule has 1 aliphatic rings. The van der Waals surface area contributed by atoms with Crippen LogP contribution in [0.3, 0.4) is 0 Å². The molecule has 0 saturated carbocycles. The standard InChI is InChI=1S/C20H31N3O3S/c1-16-6-5-7-17(14-16)22-9-11-23(12-10-22)18(24)15-27-13-8-21-19(25)26-20(2,3)4/h5-7,14H,8-13,15H2,1-4H3,(H,21,25). The van der Waals surface area contributed by atoms with E-state index in [2.05, 4.69) is 41.4 Å². The minimum absolute atomic E-state index is 0.168. The number of piperazine rings is 1. The van der Waals surface area contributed by atoms with Crippen LogP contribution in [0.15, 0.2) is 24.3 Å². The number of hydrogen-bond acceptors (Lipinski definition) is 5. The summed E-state index contributed by atoms with van der Waals surface area (Å²) in [4.78, 5) is 28.2. The maximum atomic E-state index is 12.4. The second-order valence-corrected chi connectivity index (χ2v) is 8.79. The van der Waals surface area contributed by atoms with E-state index in [0.29, 0.717) is 18.1 Å². The van der Waals surface area contributed by atoms with Gasteiger partial charge in [-0.05, 0) is 45.4 Å². The largest absolute Gasteiger partial charge is 0.444 e. The first kappa shape index (κ1) is 21.4. The number of benzene rings is 1. The number of hydrogen-bond donors (Lipinski definition) is 1. The van der Waals surface area contributed by atoms with Crippen LogP contribution in [0.5, 0.6) is 0 Å². The molecule has 1 saturated heterocycles. The summed E-state index contributed by atoms with van der Waals surface area (Å²) in [6, 6.07) is 8.48. The van der Waals surface area contributed by atoms with Crippen molar-refractivity contribution < 1.29 is 14.3 Å². The second-order valence-electron chi connectivity index (χ2n) is 7.69. The van der Waals surface area contributed by atoms with E-state index in [1.807, 2.05) is 25.7 Å². The zero-order valence-electron chi connectivity index (χ0n) is 16.8. The van der Waals surface area contributed by atoms with Crippen molar-refractivity contribution in [3.8, 4) is 0 Å². The lowest BCUT2D eigenvalue weighted by atomic mass is 10.2. The van der Waals surface area contributed by atoms with Gasteiger partial charge in [-0.2, -0.15) is 11.8 Å². The summed E-state index contributed by atoms with van der Waals surface area (Å²) in [5.41, 5.74) is 1.99. The number of nitrogens with zero attached hydrogens (tertiary/aromatic N) is 2. The Morgan fingerprint density at radius 2 is 1.89 bits per heavy atom. The van der Waals surface area contributed by atoms with Crippen LogP contribution in [0.2, 0.25) is 0 Å².